The van der Waals surface area contributed by atoms with Crippen molar-refractivity contribution >= 4 is 29.1 Å². The molecule has 0 aliphatic heterocycles. The van der Waals surface area contributed by atoms with Crippen LogP contribution in [0.1, 0.15) is 20.8 Å². The Bertz CT molecular complexity index is 558. The van der Waals surface area contributed by atoms with Crippen LogP contribution in [0, 0.1) is 0 Å². The molecular formula is C12H16N4OS. The fourth-order valence-electron chi connectivity index (χ4n) is 1.40. The van der Waals surface area contributed by atoms with Gasteiger partial charge in [0.05, 0.1) is 18.1 Å². The van der Waals surface area contributed by atoms with Crippen LogP contribution in [-0.2, 0) is 4.79 Å². The number of hydrogen-bond donors (Lipinski definition) is 1. The molecule has 1 amide bonds. The van der Waals surface area contributed by atoms with Gasteiger partial charge in [-0.15, -0.1) is 11.8 Å². The lowest BCUT2D eigenvalue weighted by molar-refractivity contribution is -0.113. The predicted molar refractivity (Wildman–Crippen MR) is 73.8 cm³/mol. The molecule has 2 aromatic rings. The number of carbonyl (C=O) groups excluding carboxylic acids is 1. The highest BCUT2D eigenvalue weighted by molar-refractivity contribution is 8.01. The summed E-state index contributed by atoms with van der Waals surface area (Å²) in [6.07, 6.45) is 6.72. The van der Waals surface area contributed by atoms with Gasteiger partial charge in [0.2, 0.25) is 5.91 Å². The Morgan fingerprint density at radius 3 is 2.94 bits per heavy atom. The van der Waals surface area contributed by atoms with Gasteiger partial charge in [-0.2, -0.15) is 0 Å². The third-order valence-electron chi connectivity index (χ3n) is 2.22. The van der Waals surface area contributed by atoms with E-state index < -0.39 is 0 Å². The van der Waals surface area contributed by atoms with Crippen LogP contribution >= 0.6 is 11.8 Å². The lowest BCUT2D eigenvalue weighted by Crippen LogP contribution is -2.19. The van der Waals surface area contributed by atoms with Crippen molar-refractivity contribution in [1.29, 1.82) is 0 Å². The molecule has 1 N–H and O–H groups in total. The second kappa shape index (κ2) is 4.97. The van der Waals surface area contributed by atoms with Crippen molar-refractivity contribution in [1.82, 2.24) is 14.4 Å². The molecule has 5 nitrogen and oxygen atoms in total. The molecule has 0 spiro atoms. The zero-order chi connectivity index (χ0) is 13.2. The minimum atomic E-state index is -0.0199. The number of imidazole rings is 1. The summed E-state index contributed by atoms with van der Waals surface area (Å²) in [5.74, 6) is 1.09. The average Bonchev–Trinajstić information content (AvgIpc) is 2.70. The van der Waals surface area contributed by atoms with Gasteiger partial charge in [0.15, 0.2) is 5.65 Å². The second-order valence-electron chi connectivity index (χ2n) is 4.90. The predicted octanol–water partition coefficient (Wildman–Crippen LogP) is 2.20. The van der Waals surface area contributed by atoms with Crippen LogP contribution in [0.4, 0.5) is 5.82 Å². The van der Waals surface area contributed by atoms with Crippen molar-refractivity contribution in [2.45, 2.75) is 25.5 Å². The Morgan fingerprint density at radius 1 is 1.44 bits per heavy atom. The Labute approximate surface area is 110 Å². The number of aromatic nitrogens is 3. The Hall–Kier alpha value is -1.56. The summed E-state index contributed by atoms with van der Waals surface area (Å²) < 4.78 is 1.88. The first kappa shape index (κ1) is 12.9. The van der Waals surface area contributed by atoms with Crippen molar-refractivity contribution in [2.24, 2.45) is 0 Å². The van der Waals surface area contributed by atoms with E-state index in [1.807, 2.05) is 0 Å². The maximum absolute atomic E-state index is 11.8. The number of nitrogens with zero attached hydrogens (tertiary/aromatic N) is 3. The number of rotatable bonds is 3. The van der Waals surface area contributed by atoms with Gasteiger partial charge >= 0.3 is 0 Å². The molecule has 2 rings (SSSR count). The number of amides is 1. The number of carbonyl (C=O) groups is 1. The topological polar surface area (TPSA) is 59.3 Å². The van der Waals surface area contributed by atoms with E-state index in [2.05, 4.69) is 36.1 Å². The van der Waals surface area contributed by atoms with Crippen molar-refractivity contribution in [3.8, 4) is 0 Å². The van der Waals surface area contributed by atoms with Crippen LogP contribution in [0.15, 0.2) is 24.8 Å². The summed E-state index contributed by atoms with van der Waals surface area (Å²) in [5, 5.41) is 2.85. The van der Waals surface area contributed by atoms with Crippen LogP contribution in [0.5, 0.6) is 0 Å². The molecule has 0 bridgehead atoms. The zero-order valence-electron chi connectivity index (χ0n) is 10.7. The van der Waals surface area contributed by atoms with Crippen LogP contribution in [-0.4, -0.2) is 30.8 Å². The number of anilines is 1. The van der Waals surface area contributed by atoms with Gasteiger partial charge in [-0.3, -0.25) is 14.2 Å². The Morgan fingerprint density at radius 2 is 2.22 bits per heavy atom. The summed E-state index contributed by atoms with van der Waals surface area (Å²) in [6, 6.07) is 0. The molecule has 0 saturated carbocycles. The molecule has 0 unspecified atom stereocenters. The average molecular weight is 264 g/mol. The minimum Gasteiger partial charge on any atom is -0.310 e. The third kappa shape index (κ3) is 3.22. The standard InChI is InChI=1S/C12H16N4OS/c1-12(2,3)18-8-11(17)15-10-7-14-9-6-13-4-5-16(9)10/h4-7H,8H2,1-3H3,(H,15,17). The maximum Gasteiger partial charge on any atom is 0.235 e. The van der Waals surface area contributed by atoms with Gasteiger partial charge in [0, 0.05) is 17.1 Å². The monoisotopic (exact) mass is 264 g/mol. The van der Waals surface area contributed by atoms with Gasteiger partial charge in [-0.1, -0.05) is 20.8 Å². The van der Waals surface area contributed by atoms with E-state index in [1.165, 1.54) is 0 Å². The molecule has 6 heteroatoms. The number of hydrogen-bond acceptors (Lipinski definition) is 4. The first-order chi connectivity index (χ1) is 8.46. The van der Waals surface area contributed by atoms with E-state index >= 15 is 0 Å². The third-order valence-corrected chi connectivity index (χ3v) is 3.49. The SMILES string of the molecule is CC(C)(C)SCC(=O)Nc1cnc2cnccn12. The first-order valence-corrected chi connectivity index (χ1v) is 6.65. The smallest absolute Gasteiger partial charge is 0.235 e. The number of fused-ring (bicyclic) bond motifs is 1. The van der Waals surface area contributed by atoms with Crippen molar-refractivity contribution in [3.63, 3.8) is 0 Å². The Kier molecular flexibility index (Phi) is 3.56. The molecule has 0 fully saturated rings. The van der Waals surface area contributed by atoms with Crippen molar-refractivity contribution < 1.29 is 4.79 Å². The van der Waals surface area contributed by atoms with E-state index in [1.54, 1.807) is 40.9 Å². The first-order valence-electron chi connectivity index (χ1n) is 5.66. The normalized spacial score (nSPS) is 11.7. The molecule has 0 atom stereocenters. The fraction of sp³-hybridized carbons (Fsp3) is 0.417. The lowest BCUT2D eigenvalue weighted by Gasteiger charge is -2.16. The quantitative estimate of drug-likeness (QED) is 0.923. The van der Waals surface area contributed by atoms with Crippen LogP contribution in [0.3, 0.4) is 0 Å². The summed E-state index contributed by atoms with van der Waals surface area (Å²) in [7, 11) is 0. The Balaban J connectivity index is 2.03. The largest absolute Gasteiger partial charge is 0.310 e. The van der Waals surface area contributed by atoms with E-state index in [-0.39, 0.29) is 10.7 Å². The molecule has 18 heavy (non-hydrogen) atoms. The highest BCUT2D eigenvalue weighted by atomic mass is 32.2. The zero-order valence-corrected chi connectivity index (χ0v) is 11.5. The maximum atomic E-state index is 11.8. The lowest BCUT2D eigenvalue weighted by atomic mass is 10.3. The van der Waals surface area contributed by atoms with Crippen molar-refractivity contribution in [3.05, 3.63) is 24.8 Å². The molecule has 2 heterocycles. The summed E-state index contributed by atoms with van der Waals surface area (Å²) in [6.45, 7) is 6.26. The highest BCUT2D eigenvalue weighted by Gasteiger charge is 2.14. The molecule has 0 aliphatic rings. The van der Waals surface area contributed by atoms with Gasteiger partial charge in [0.25, 0.3) is 0 Å². The van der Waals surface area contributed by atoms with Crippen LogP contribution < -0.4 is 5.32 Å². The second-order valence-corrected chi connectivity index (χ2v) is 6.70. The van der Waals surface area contributed by atoms with Crippen LogP contribution in [0.25, 0.3) is 5.65 Å². The molecule has 2 aromatic heterocycles. The van der Waals surface area contributed by atoms with Gasteiger partial charge in [0.1, 0.15) is 5.82 Å². The van der Waals surface area contributed by atoms with E-state index in [0.29, 0.717) is 11.6 Å². The highest BCUT2D eigenvalue weighted by Crippen LogP contribution is 2.23. The van der Waals surface area contributed by atoms with Gasteiger partial charge < -0.3 is 5.32 Å². The molecule has 0 saturated heterocycles. The molecule has 0 radical (unpaired) electrons. The van der Waals surface area contributed by atoms with E-state index in [4.69, 9.17) is 0 Å². The van der Waals surface area contributed by atoms with E-state index in [9.17, 15) is 4.79 Å². The number of nitrogens with one attached hydrogen (secondary N) is 1. The molecule has 96 valence electrons. The fourth-order valence-corrected chi connectivity index (χ4v) is 2.03. The molecular weight excluding hydrogens is 248 g/mol. The van der Waals surface area contributed by atoms with E-state index in [0.717, 1.165) is 5.65 Å². The van der Waals surface area contributed by atoms with Crippen LogP contribution in [0.2, 0.25) is 0 Å². The molecule has 0 aromatic carbocycles. The minimum absolute atomic E-state index is 0.0199. The molecule has 0 aliphatic carbocycles. The number of thioether (sulfide) groups is 1. The summed E-state index contributed by atoms with van der Waals surface area (Å²) >= 11 is 1.61. The van der Waals surface area contributed by atoms with Gasteiger partial charge in [-0.05, 0) is 0 Å². The summed E-state index contributed by atoms with van der Waals surface area (Å²) in [4.78, 5) is 19.9. The van der Waals surface area contributed by atoms with Crippen molar-refractivity contribution in [2.75, 3.05) is 11.1 Å². The summed E-state index contributed by atoms with van der Waals surface area (Å²) in [5.41, 5.74) is 0.719. The van der Waals surface area contributed by atoms with Gasteiger partial charge in [-0.25, -0.2) is 4.98 Å².